The smallest absolute Gasteiger partial charge is 0.338 e. The van der Waals surface area contributed by atoms with Gasteiger partial charge in [0.05, 0.1) is 17.8 Å². The first-order valence-corrected chi connectivity index (χ1v) is 9.37. The Morgan fingerprint density at radius 3 is 2.66 bits per heavy atom. The van der Waals surface area contributed by atoms with Gasteiger partial charge in [-0.1, -0.05) is 36.4 Å². The molecule has 0 radical (unpaired) electrons. The van der Waals surface area contributed by atoms with Gasteiger partial charge in [-0.3, -0.25) is 9.78 Å². The highest BCUT2D eigenvalue weighted by molar-refractivity contribution is 7.59. The molecule has 2 N–H and O–H groups in total. The third-order valence-electron chi connectivity index (χ3n) is 5.17. The second-order valence-electron chi connectivity index (χ2n) is 7.08. The van der Waals surface area contributed by atoms with Crippen LogP contribution in [0.3, 0.4) is 0 Å². The summed E-state index contributed by atoms with van der Waals surface area (Å²) in [6, 6.07) is 13.3. The van der Waals surface area contributed by atoms with E-state index in [-0.39, 0.29) is 36.0 Å². The molecule has 0 aliphatic rings. The largest absolute Gasteiger partial charge is 0.478 e. The molecule has 32 heavy (non-hydrogen) atoms. The average Bonchev–Trinajstić information content (AvgIpc) is 3.39. The van der Waals surface area contributed by atoms with Gasteiger partial charge in [-0.15, -0.1) is 5.10 Å². The Kier molecular flexibility index (Phi) is 5.26. The molecule has 11 heteroatoms. The Hall–Kier alpha value is -3.99. The number of nitrogens with zero attached hydrogens (tertiary/aromatic N) is 5. The molecule has 0 saturated carbocycles. The number of benzene rings is 2. The van der Waals surface area contributed by atoms with Crippen LogP contribution >= 0.6 is 13.5 Å². The molecule has 0 spiro atoms. The summed E-state index contributed by atoms with van der Waals surface area (Å²) >= 11 is 0. The third kappa shape index (κ3) is 3.42. The summed E-state index contributed by atoms with van der Waals surface area (Å²) in [4.78, 5) is 30.5. The van der Waals surface area contributed by atoms with Gasteiger partial charge < -0.3 is 5.11 Å². The minimum atomic E-state index is -1.18. The number of hydrogen-bond donors (Lipinski definition) is 2. The highest BCUT2D eigenvalue weighted by atomic mass is 32.1. The number of aromatic carboxylic acids is 1. The molecule has 2 aromatic carbocycles. The molecular weight excluding hydrogens is 435 g/mol. The van der Waals surface area contributed by atoms with Crippen LogP contribution in [-0.2, 0) is 0 Å². The zero-order valence-corrected chi connectivity index (χ0v) is 17.7. The van der Waals surface area contributed by atoms with Crippen LogP contribution in [0, 0.1) is 5.95 Å². The molecule has 3 aromatic heterocycles. The zero-order valence-electron chi connectivity index (χ0n) is 16.7. The maximum absolute atomic E-state index is 14.7. The first-order valence-electron chi connectivity index (χ1n) is 9.37. The fourth-order valence-electron chi connectivity index (χ4n) is 3.55. The summed E-state index contributed by atoms with van der Waals surface area (Å²) in [6.07, 6.45) is 2.28. The van der Waals surface area contributed by atoms with Gasteiger partial charge in [0.15, 0.2) is 11.0 Å². The lowest BCUT2D eigenvalue weighted by Gasteiger charge is -2.14. The van der Waals surface area contributed by atoms with Crippen molar-refractivity contribution < 1.29 is 14.3 Å². The Balaban J connectivity index is 0.00000245. The van der Waals surface area contributed by atoms with Crippen LogP contribution < -0.4 is 5.56 Å². The van der Waals surface area contributed by atoms with Crippen LogP contribution in [0.5, 0.6) is 0 Å². The summed E-state index contributed by atoms with van der Waals surface area (Å²) in [5, 5.41) is 18.9. The van der Waals surface area contributed by atoms with Gasteiger partial charge in [0.2, 0.25) is 5.95 Å². The molecule has 5 aromatic rings. The number of fused-ring (bicyclic) bond motifs is 2. The number of halogens is 1. The number of nitrogens with one attached hydrogen (secondary N) is 1. The lowest BCUT2D eigenvalue weighted by atomic mass is 10.0. The van der Waals surface area contributed by atoms with E-state index >= 15 is 0 Å². The summed E-state index contributed by atoms with van der Waals surface area (Å²) < 4.78 is 17.0. The van der Waals surface area contributed by atoms with E-state index in [9.17, 15) is 14.0 Å². The van der Waals surface area contributed by atoms with Crippen molar-refractivity contribution >= 4 is 41.3 Å². The van der Waals surface area contributed by atoms with E-state index in [1.807, 2.05) is 49.4 Å². The number of hydrogen-bond acceptors (Lipinski definition) is 5. The van der Waals surface area contributed by atoms with Crippen LogP contribution in [0.15, 0.2) is 59.7 Å². The number of carbonyl (C=O) groups is 1. The van der Waals surface area contributed by atoms with Crippen molar-refractivity contribution in [2.75, 3.05) is 0 Å². The van der Waals surface area contributed by atoms with Gasteiger partial charge in [-0.05, 0) is 29.3 Å². The van der Waals surface area contributed by atoms with Crippen molar-refractivity contribution in [3.63, 3.8) is 0 Å². The van der Waals surface area contributed by atoms with Crippen molar-refractivity contribution in [2.45, 2.75) is 13.0 Å². The molecule has 162 valence electrons. The highest BCUT2D eigenvalue weighted by Gasteiger charge is 2.22. The molecule has 9 nitrogen and oxygen atoms in total. The van der Waals surface area contributed by atoms with E-state index < -0.39 is 23.5 Å². The molecule has 0 bridgehead atoms. The maximum atomic E-state index is 14.7. The Morgan fingerprint density at radius 1 is 1.19 bits per heavy atom. The van der Waals surface area contributed by atoms with E-state index in [1.165, 1.54) is 10.9 Å². The van der Waals surface area contributed by atoms with Gasteiger partial charge in [0, 0.05) is 6.20 Å². The minimum absolute atomic E-state index is 0. The lowest BCUT2D eigenvalue weighted by Crippen LogP contribution is -2.18. The van der Waals surface area contributed by atoms with Crippen LogP contribution in [0.25, 0.3) is 27.8 Å². The highest BCUT2D eigenvalue weighted by Crippen LogP contribution is 2.25. The number of carboxylic acids is 1. The summed E-state index contributed by atoms with van der Waals surface area (Å²) in [5.41, 5.74) is -0.101. The molecule has 3 heterocycles. The quantitative estimate of drug-likeness (QED) is 0.433. The van der Waals surface area contributed by atoms with Gasteiger partial charge in [-0.25, -0.2) is 19.1 Å². The van der Waals surface area contributed by atoms with Crippen LogP contribution in [-0.4, -0.2) is 40.6 Å². The van der Waals surface area contributed by atoms with Crippen LogP contribution in [0.1, 0.15) is 28.9 Å². The summed E-state index contributed by atoms with van der Waals surface area (Å²) in [6.45, 7) is 1.82. The molecule has 0 saturated heterocycles. The van der Waals surface area contributed by atoms with Gasteiger partial charge in [0.1, 0.15) is 0 Å². The fourth-order valence-corrected chi connectivity index (χ4v) is 3.55. The first-order chi connectivity index (χ1) is 14.9. The molecule has 1 atom stereocenters. The first kappa shape index (κ1) is 21.2. The molecule has 0 amide bonds. The van der Waals surface area contributed by atoms with Crippen LogP contribution in [0.2, 0.25) is 0 Å². The minimum Gasteiger partial charge on any atom is -0.478 e. The number of rotatable bonds is 4. The van der Waals surface area contributed by atoms with Crippen molar-refractivity contribution in [1.29, 1.82) is 0 Å². The Morgan fingerprint density at radius 2 is 1.94 bits per heavy atom. The number of aromatic nitrogens is 6. The van der Waals surface area contributed by atoms with Crippen molar-refractivity contribution in [3.8, 4) is 5.95 Å². The molecule has 5 rings (SSSR count). The standard InChI is InChI=1S/C21H15FN6O3.H2S/c1-11(13-7-6-12-4-2-3-5-14(12)8-13)28-17-16(18(22)26-28)24-21(25-19(17)29)27-10-15(9-23-27)20(30)31;/h2-11H,1H3,(H,30,31)(H,24,25,29);1H2/t11-;/m0./s1. The Bertz CT molecular complexity index is 1540. The number of carboxylic acid groups (broad SMARTS) is 1. The van der Waals surface area contributed by atoms with E-state index in [0.717, 1.165) is 27.2 Å². The predicted molar refractivity (Wildman–Crippen MR) is 120 cm³/mol. The molecule has 0 aliphatic heterocycles. The van der Waals surface area contributed by atoms with E-state index in [0.29, 0.717) is 0 Å². The summed E-state index contributed by atoms with van der Waals surface area (Å²) in [7, 11) is 0. The SMILES string of the molecule is C[C@@H](c1ccc2ccccc2c1)n1nc(F)c2nc(-n3cc(C(=O)O)cn3)[nH]c(=O)c21.S. The fraction of sp³-hybridized carbons (Fsp3) is 0.0952. The Labute approximate surface area is 186 Å². The zero-order chi connectivity index (χ0) is 21.7. The topological polar surface area (TPSA) is 119 Å². The van der Waals surface area contributed by atoms with Gasteiger partial charge in [-0.2, -0.15) is 23.0 Å². The number of aromatic amines is 1. The average molecular weight is 452 g/mol. The van der Waals surface area contributed by atoms with Crippen molar-refractivity contribution in [1.82, 2.24) is 29.5 Å². The van der Waals surface area contributed by atoms with Crippen molar-refractivity contribution in [2.24, 2.45) is 0 Å². The van der Waals surface area contributed by atoms with Gasteiger partial charge in [0.25, 0.3) is 11.5 Å². The lowest BCUT2D eigenvalue weighted by molar-refractivity contribution is 0.0697. The molecule has 0 aliphatic carbocycles. The van der Waals surface area contributed by atoms with Crippen molar-refractivity contribution in [3.05, 3.63) is 82.3 Å². The van der Waals surface area contributed by atoms with Gasteiger partial charge >= 0.3 is 5.97 Å². The normalized spacial score (nSPS) is 12.1. The third-order valence-corrected chi connectivity index (χ3v) is 5.17. The van der Waals surface area contributed by atoms with E-state index in [2.05, 4.69) is 20.2 Å². The molecular formula is C21H17FN6O3S. The van der Waals surface area contributed by atoms with Crippen LogP contribution in [0.4, 0.5) is 4.39 Å². The number of H-pyrrole nitrogens is 1. The second-order valence-corrected chi connectivity index (χ2v) is 7.08. The van der Waals surface area contributed by atoms with E-state index in [1.54, 1.807) is 0 Å². The second kappa shape index (κ2) is 7.93. The molecule has 0 fully saturated rings. The maximum Gasteiger partial charge on any atom is 0.338 e. The summed E-state index contributed by atoms with van der Waals surface area (Å²) in [5.74, 6) is -2.19. The molecule has 0 unspecified atom stereocenters. The predicted octanol–water partition coefficient (Wildman–Crippen LogP) is 3.02. The van der Waals surface area contributed by atoms with E-state index in [4.69, 9.17) is 5.11 Å². The monoisotopic (exact) mass is 452 g/mol.